The number of hydrogen-bond donors (Lipinski definition) is 0. The van der Waals surface area contributed by atoms with Crippen LogP contribution in [0.1, 0.15) is 55.1 Å². The van der Waals surface area contributed by atoms with Gasteiger partial charge in [0.2, 0.25) is 0 Å². The van der Waals surface area contributed by atoms with E-state index in [1.807, 2.05) is 27.7 Å². The number of rotatable bonds is 5. The van der Waals surface area contributed by atoms with Crippen LogP contribution in [0.2, 0.25) is 0 Å². The molecule has 2 heterocycles. The second kappa shape index (κ2) is 9.08. The highest BCUT2D eigenvalue weighted by Crippen LogP contribution is 2.38. The van der Waals surface area contributed by atoms with Gasteiger partial charge in [0.25, 0.3) is 0 Å². The Balaban J connectivity index is 1.84. The van der Waals surface area contributed by atoms with Crippen molar-refractivity contribution >= 4 is 27.6 Å². The number of piperidine rings is 1. The number of carbonyl (C=O) groups is 1. The molecular formula is C23H29BrN2O2. The molecule has 0 amide bonds. The van der Waals surface area contributed by atoms with E-state index >= 15 is 0 Å². The van der Waals surface area contributed by atoms with Crippen LogP contribution in [0.4, 0.5) is 5.69 Å². The molecule has 0 aliphatic carbocycles. The van der Waals surface area contributed by atoms with Crippen molar-refractivity contribution < 1.29 is 9.53 Å². The summed E-state index contributed by atoms with van der Waals surface area (Å²) in [6.07, 6.45) is 2.35. The number of pyridine rings is 1. The van der Waals surface area contributed by atoms with Gasteiger partial charge in [-0.2, -0.15) is 0 Å². The second-order valence-corrected chi connectivity index (χ2v) is 8.60. The van der Waals surface area contributed by atoms with Crippen molar-refractivity contribution in [1.82, 2.24) is 4.98 Å². The first kappa shape index (κ1) is 20.8. The van der Waals surface area contributed by atoms with Crippen LogP contribution in [0.5, 0.6) is 0 Å². The Labute approximate surface area is 176 Å². The predicted molar refractivity (Wildman–Crippen MR) is 117 cm³/mol. The summed E-state index contributed by atoms with van der Waals surface area (Å²) in [5.41, 5.74) is 5.36. The van der Waals surface area contributed by atoms with Crippen molar-refractivity contribution in [2.24, 2.45) is 0 Å². The van der Waals surface area contributed by atoms with E-state index in [9.17, 15) is 4.79 Å². The van der Waals surface area contributed by atoms with Crippen LogP contribution in [-0.2, 0) is 16.0 Å². The van der Waals surface area contributed by atoms with E-state index in [0.717, 1.165) is 53.0 Å². The number of benzene rings is 1. The molecule has 0 bridgehead atoms. The molecule has 3 rings (SSSR count). The minimum Gasteiger partial charge on any atom is -0.463 e. The van der Waals surface area contributed by atoms with Crippen LogP contribution in [0, 0.1) is 13.8 Å². The Morgan fingerprint density at radius 1 is 1.18 bits per heavy atom. The molecule has 0 spiro atoms. The maximum absolute atomic E-state index is 12.4. The second-order valence-electron chi connectivity index (χ2n) is 7.81. The third-order valence-corrected chi connectivity index (χ3v) is 6.30. The SMILES string of the molecule is Cc1nc(C)c(CC(=O)OC(C)C)c(N2CCC(c3ccccc3)CC2)c1Br. The first-order valence-corrected chi connectivity index (χ1v) is 10.8. The van der Waals surface area contributed by atoms with Crippen molar-refractivity contribution in [2.75, 3.05) is 18.0 Å². The molecule has 1 aromatic heterocycles. The summed E-state index contributed by atoms with van der Waals surface area (Å²) in [5.74, 6) is 0.394. The van der Waals surface area contributed by atoms with Gasteiger partial charge in [0.15, 0.2) is 0 Å². The molecule has 1 fully saturated rings. The van der Waals surface area contributed by atoms with E-state index in [4.69, 9.17) is 4.74 Å². The van der Waals surface area contributed by atoms with Gasteiger partial charge in [0.05, 0.1) is 28.4 Å². The van der Waals surface area contributed by atoms with Crippen molar-refractivity contribution in [1.29, 1.82) is 0 Å². The van der Waals surface area contributed by atoms with E-state index in [1.165, 1.54) is 5.56 Å². The maximum atomic E-state index is 12.4. The topological polar surface area (TPSA) is 42.4 Å². The van der Waals surface area contributed by atoms with Gasteiger partial charge in [-0.3, -0.25) is 9.78 Å². The molecule has 1 aliphatic heterocycles. The van der Waals surface area contributed by atoms with Gasteiger partial charge < -0.3 is 9.64 Å². The number of anilines is 1. The lowest BCUT2D eigenvalue weighted by Crippen LogP contribution is -2.34. The molecule has 1 aliphatic rings. The van der Waals surface area contributed by atoms with Gasteiger partial charge in [0, 0.05) is 24.3 Å². The number of carbonyl (C=O) groups excluding carboxylic acids is 1. The molecule has 1 saturated heterocycles. The Morgan fingerprint density at radius 3 is 2.43 bits per heavy atom. The fourth-order valence-corrected chi connectivity index (χ4v) is 4.57. The fraction of sp³-hybridized carbons (Fsp3) is 0.478. The highest BCUT2D eigenvalue weighted by Gasteiger charge is 2.27. The molecule has 4 nitrogen and oxygen atoms in total. The van der Waals surface area contributed by atoms with E-state index in [1.54, 1.807) is 0 Å². The van der Waals surface area contributed by atoms with Crippen molar-refractivity contribution in [3.05, 3.63) is 57.3 Å². The summed E-state index contributed by atoms with van der Waals surface area (Å²) < 4.78 is 6.39. The summed E-state index contributed by atoms with van der Waals surface area (Å²) >= 11 is 3.75. The highest BCUT2D eigenvalue weighted by atomic mass is 79.9. The summed E-state index contributed by atoms with van der Waals surface area (Å²) in [6.45, 7) is 9.68. The zero-order chi connectivity index (χ0) is 20.3. The van der Waals surface area contributed by atoms with E-state index in [0.29, 0.717) is 5.92 Å². The van der Waals surface area contributed by atoms with Gasteiger partial charge in [-0.15, -0.1) is 0 Å². The largest absolute Gasteiger partial charge is 0.463 e. The molecule has 0 unspecified atom stereocenters. The van der Waals surface area contributed by atoms with Crippen molar-refractivity contribution in [2.45, 2.75) is 59.0 Å². The normalized spacial score (nSPS) is 15.1. The maximum Gasteiger partial charge on any atom is 0.310 e. The Bertz CT molecular complexity index is 828. The van der Waals surface area contributed by atoms with Crippen molar-refractivity contribution in [3.8, 4) is 0 Å². The lowest BCUT2D eigenvalue weighted by molar-refractivity contribution is -0.146. The average Bonchev–Trinajstić information content (AvgIpc) is 2.67. The van der Waals surface area contributed by atoms with Gasteiger partial charge in [-0.1, -0.05) is 30.3 Å². The quantitative estimate of drug-likeness (QED) is 0.583. The summed E-state index contributed by atoms with van der Waals surface area (Å²) in [4.78, 5) is 19.4. The van der Waals surface area contributed by atoms with Gasteiger partial charge in [-0.25, -0.2) is 0 Å². The fourth-order valence-electron chi connectivity index (χ4n) is 4.00. The molecule has 5 heteroatoms. The smallest absolute Gasteiger partial charge is 0.310 e. The number of aromatic nitrogens is 1. The number of hydrogen-bond acceptors (Lipinski definition) is 4. The first-order valence-electron chi connectivity index (χ1n) is 10.0. The van der Waals surface area contributed by atoms with E-state index < -0.39 is 0 Å². The molecule has 28 heavy (non-hydrogen) atoms. The standard InChI is InChI=1S/C23H29BrN2O2/c1-15(2)28-21(27)14-20-16(3)25-17(4)22(24)23(20)26-12-10-19(11-13-26)18-8-6-5-7-9-18/h5-9,15,19H,10-14H2,1-4H3. The summed E-state index contributed by atoms with van der Waals surface area (Å²) in [5, 5.41) is 0. The number of esters is 1. The number of halogens is 1. The molecular weight excluding hydrogens is 416 g/mol. The van der Waals surface area contributed by atoms with Crippen LogP contribution in [-0.4, -0.2) is 30.1 Å². The lowest BCUT2D eigenvalue weighted by Gasteiger charge is -2.36. The monoisotopic (exact) mass is 444 g/mol. The van der Waals surface area contributed by atoms with Gasteiger partial charge >= 0.3 is 5.97 Å². The Morgan fingerprint density at radius 2 is 1.82 bits per heavy atom. The third-order valence-electron chi connectivity index (χ3n) is 5.35. The first-order chi connectivity index (χ1) is 13.4. The van der Waals surface area contributed by atoms with Crippen LogP contribution in [0.15, 0.2) is 34.8 Å². The van der Waals surface area contributed by atoms with Crippen LogP contribution in [0.3, 0.4) is 0 Å². The molecule has 1 aromatic carbocycles. The molecule has 0 atom stereocenters. The zero-order valence-electron chi connectivity index (χ0n) is 17.2. The number of ether oxygens (including phenoxy) is 1. The number of nitrogens with zero attached hydrogens (tertiary/aromatic N) is 2. The molecule has 150 valence electrons. The zero-order valence-corrected chi connectivity index (χ0v) is 18.8. The summed E-state index contributed by atoms with van der Waals surface area (Å²) in [6, 6.07) is 10.8. The van der Waals surface area contributed by atoms with E-state index in [2.05, 4.69) is 56.1 Å². The highest BCUT2D eigenvalue weighted by molar-refractivity contribution is 9.10. The van der Waals surface area contributed by atoms with Gasteiger partial charge in [-0.05, 0) is 67.9 Å². The Hall–Kier alpha value is -1.88. The molecule has 0 N–H and O–H groups in total. The lowest BCUT2D eigenvalue weighted by atomic mass is 9.89. The number of aryl methyl sites for hydroxylation is 2. The molecule has 2 aromatic rings. The van der Waals surface area contributed by atoms with E-state index in [-0.39, 0.29) is 18.5 Å². The van der Waals surface area contributed by atoms with Crippen molar-refractivity contribution in [3.63, 3.8) is 0 Å². The van der Waals surface area contributed by atoms with Crippen LogP contribution >= 0.6 is 15.9 Å². The third kappa shape index (κ3) is 4.75. The predicted octanol–water partition coefficient (Wildman–Crippen LogP) is 5.34. The Kier molecular flexibility index (Phi) is 6.76. The van der Waals surface area contributed by atoms with Crippen LogP contribution < -0.4 is 4.90 Å². The minimum atomic E-state index is -0.198. The van der Waals surface area contributed by atoms with Crippen LogP contribution in [0.25, 0.3) is 0 Å². The molecule has 0 radical (unpaired) electrons. The molecule has 0 saturated carbocycles. The van der Waals surface area contributed by atoms with Gasteiger partial charge in [0.1, 0.15) is 0 Å². The minimum absolute atomic E-state index is 0.111. The summed E-state index contributed by atoms with van der Waals surface area (Å²) in [7, 11) is 0. The average molecular weight is 445 g/mol.